The van der Waals surface area contributed by atoms with Gasteiger partial charge in [-0.15, -0.1) is 11.3 Å². The number of aromatic nitrogens is 2. The van der Waals surface area contributed by atoms with Crippen LogP contribution in [0.15, 0.2) is 194 Å². The average molecular weight is 693 g/mol. The van der Waals surface area contributed by atoms with Crippen LogP contribution in [0.3, 0.4) is 0 Å². The fraction of sp³-hybridized carbons (Fsp3) is 0. The zero-order valence-corrected chi connectivity index (χ0v) is 29.6. The van der Waals surface area contributed by atoms with Gasteiger partial charge in [-0.1, -0.05) is 140 Å². The Morgan fingerprint density at radius 2 is 0.755 bits per heavy atom. The Morgan fingerprint density at radius 1 is 0.321 bits per heavy atom. The van der Waals surface area contributed by atoms with Crippen LogP contribution >= 0.6 is 11.3 Å². The van der Waals surface area contributed by atoms with E-state index in [4.69, 9.17) is 0 Å². The highest BCUT2D eigenvalue weighted by atomic mass is 32.1. The van der Waals surface area contributed by atoms with Crippen molar-refractivity contribution in [1.82, 2.24) is 9.13 Å². The van der Waals surface area contributed by atoms with Crippen LogP contribution in [0.5, 0.6) is 0 Å². The van der Waals surface area contributed by atoms with Gasteiger partial charge in [0.05, 0.1) is 11.0 Å². The summed E-state index contributed by atoms with van der Waals surface area (Å²) >= 11 is 1.89. The third-order valence-electron chi connectivity index (χ3n) is 10.8. The van der Waals surface area contributed by atoms with Gasteiger partial charge < -0.3 is 9.13 Å². The number of fused-ring (bicyclic) bond motifs is 12. The highest BCUT2D eigenvalue weighted by molar-refractivity contribution is 7.26. The molecule has 0 N–H and O–H groups in total. The number of thiophene rings is 1. The van der Waals surface area contributed by atoms with Crippen LogP contribution in [0.2, 0.25) is 0 Å². The van der Waals surface area contributed by atoms with Crippen molar-refractivity contribution < 1.29 is 0 Å². The van der Waals surface area contributed by atoms with Gasteiger partial charge in [0.1, 0.15) is 0 Å². The van der Waals surface area contributed by atoms with Gasteiger partial charge in [0.2, 0.25) is 0 Å². The van der Waals surface area contributed by atoms with Gasteiger partial charge in [-0.2, -0.15) is 0 Å². The summed E-state index contributed by atoms with van der Waals surface area (Å²) in [5, 5.41) is 12.5. The molecule has 0 saturated carbocycles. The molecule has 0 amide bonds. The van der Waals surface area contributed by atoms with E-state index in [0.29, 0.717) is 0 Å². The van der Waals surface area contributed by atoms with E-state index in [1.165, 1.54) is 74.4 Å². The molecule has 0 radical (unpaired) electrons. The van der Waals surface area contributed by atoms with Crippen LogP contribution in [0.1, 0.15) is 0 Å². The molecule has 11 rings (SSSR count). The van der Waals surface area contributed by atoms with Crippen LogP contribution in [-0.2, 0) is 0 Å². The lowest BCUT2D eigenvalue weighted by molar-refractivity contribution is 1.01. The van der Waals surface area contributed by atoms with E-state index in [1.54, 1.807) is 0 Å². The number of benzene rings is 8. The topological polar surface area (TPSA) is 9.86 Å². The number of rotatable bonds is 3. The number of para-hydroxylation sites is 2. The van der Waals surface area contributed by atoms with E-state index in [0.717, 1.165) is 22.4 Å². The second-order valence-corrected chi connectivity index (χ2v) is 14.7. The second-order valence-electron chi connectivity index (χ2n) is 13.7. The maximum Gasteiger partial charge on any atom is 0.0703 e. The monoisotopic (exact) mass is 692 g/mol. The van der Waals surface area contributed by atoms with E-state index in [2.05, 4.69) is 204 Å². The van der Waals surface area contributed by atoms with Crippen LogP contribution in [0.4, 0.5) is 0 Å². The minimum atomic E-state index is 1.13. The van der Waals surface area contributed by atoms with Crippen molar-refractivity contribution in [1.29, 1.82) is 0 Å². The summed E-state index contributed by atoms with van der Waals surface area (Å²) in [5.74, 6) is 0. The van der Waals surface area contributed by atoms with Crippen molar-refractivity contribution in [2.75, 3.05) is 0 Å². The Bertz CT molecular complexity index is 3270. The minimum absolute atomic E-state index is 1.13. The first kappa shape index (κ1) is 30.0. The number of hydrogen-bond acceptors (Lipinski definition) is 1. The van der Waals surface area contributed by atoms with E-state index in [9.17, 15) is 0 Å². The Kier molecular flexibility index (Phi) is 6.76. The van der Waals surface area contributed by atoms with Crippen LogP contribution in [0, 0.1) is 0 Å². The Labute approximate surface area is 310 Å². The molecule has 2 nitrogen and oxygen atoms in total. The van der Waals surface area contributed by atoms with Gasteiger partial charge in [-0.3, -0.25) is 0 Å². The molecule has 11 aromatic rings. The Morgan fingerprint density at radius 3 is 1.36 bits per heavy atom. The SMILES string of the molecule is c1ccc(-n2ccn(-c3ccccc3)c3cc4c(cc32)c2ccccc2c2cccc(-c3cccc5c3sc3ccccc35)c2c2ccccc42)cc1. The highest BCUT2D eigenvalue weighted by Gasteiger charge is 2.17. The van der Waals surface area contributed by atoms with Gasteiger partial charge >= 0.3 is 0 Å². The maximum absolute atomic E-state index is 2.42. The lowest BCUT2D eigenvalue weighted by Crippen LogP contribution is -2.04. The largest absolute Gasteiger partial charge is 0.314 e. The lowest BCUT2D eigenvalue weighted by atomic mass is 9.90. The fourth-order valence-corrected chi connectivity index (χ4v) is 9.70. The maximum atomic E-state index is 2.42. The third-order valence-corrected chi connectivity index (χ3v) is 12.0. The summed E-state index contributed by atoms with van der Waals surface area (Å²) in [5.41, 5.74) is 7.06. The molecule has 0 aliphatic carbocycles. The van der Waals surface area contributed by atoms with Crippen molar-refractivity contribution in [3.05, 3.63) is 194 Å². The smallest absolute Gasteiger partial charge is 0.0703 e. The first-order valence-electron chi connectivity index (χ1n) is 18.1. The molecule has 53 heavy (non-hydrogen) atoms. The molecule has 0 atom stereocenters. The zero-order chi connectivity index (χ0) is 34.9. The van der Waals surface area contributed by atoms with E-state index >= 15 is 0 Å². The molecule has 0 aliphatic rings. The molecule has 0 spiro atoms. The van der Waals surface area contributed by atoms with Crippen LogP contribution in [-0.4, -0.2) is 9.13 Å². The molecule has 0 bridgehead atoms. The van der Waals surface area contributed by atoms with Crippen molar-refractivity contribution in [2.45, 2.75) is 0 Å². The lowest BCUT2D eigenvalue weighted by Gasteiger charge is -2.19. The Hall–Kier alpha value is -6.68. The molecule has 3 heteroatoms. The molecule has 0 aliphatic heterocycles. The summed E-state index contributed by atoms with van der Waals surface area (Å²) in [4.78, 5) is 0. The highest BCUT2D eigenvalue weighted by Crippen LogP contribution is 2.45. The van der Waals surface area contributed by atoms with Crippen molar-refractivity contribution in [2.24, 2.45) is 0 Å². The van der Waals surface area contributed by atoms with E-state index < -0.39 is 0 Å². The molecule has 0 fully saturated rings. The Balaban J connectivity index is 1.36. The third kappa shape index (κ3) is 4.64. The normalized spacial score (nSPS) is 11.8. The molecule has 9 aromatic carbocycles. The number of hydrogen-bond donors (Lipinski definition) is 0. The van der Waals surface area contributed by atoms with Gasteiger partial charge in [0.15, 0.2) is 0 Å². The van der Waals surface area contributed by atoms with Gasteiger partial charge in [-0.25, -0.2) is 0 Å². The fourth-order valence-electron chi connectivity index (χ4n) is 8.47. The molecular weight excluding hydrogens is 661 g/mol. The summed E-state index contributed by atoms with van der Waals surface area (Å²) in [6.07, 6.45) is 4.38. The minimum Gasteiger partial charge on any atom is -0.314 e. The average Bonchev–Trinajstić information content (AvgIpc) is 3.62. The van der Waals surface area contributed by atoms with Crippen LogP contribution < -0.4 is 0 Å². The van der Waals surface area contributed by atoms with Gasteiger partial charge in [0.25, 0.3) is 0 Å². The van der Waals surface area contributed by atoms with Gasteiger partial charge in [0, 0.05) is 49.5 Å². The number of nitrogens with zero attached hydrogens (tertiary/aromatic N) is 2. The van der Waals surface area contributed by atoms with E-state index in [1.807, 2.05) is 11.3 Å². The van der Waals surface area contributed by atoms with Gasteiger partial charge in [-0.05, 0) is 91.1 Å². The van der Waals surface area contributed by atoms with Crippen molar-refractivity contribution in [3.8, 4) is 22.5 Å². The second kappa shape index (κ2) is 11.9. The summed E-state index contributed by atoms with van der Waals surface area (Å²) in [6.45, 7) is 0. The molecule has 0 saturated heterocycles. The molecule has 2 aromatic heterocycles. The van der Waals surface area contributed by atoms with Crippen molar-refractivity contribution in [3.63, 3.8) is 0 Å². The zero-order valence-electron chi connectivity index (χ0n) is 28.8. The first-order valence-corrected chi connectivity index (χ1v) is 18.9. The standard InChI is InChI=1S/C50H32N2S/c1-3-15-33(16-4-1)51-29-30-52(34-17-5-2-6-18-34)47-32-45-37-21-9-10-23-39(37)49-40(35-19-7-8-20-36(35)44(45)31-46(47)51)24-13-25-41(49)43-27-14-26-42-38-22-11-12-28-48(38)53-50(42)43/h1-32H. The van der Waals surface area contributed by atoms with Crippen LogP contribution in [0.25, 0.3) is 96.8 Å². The van der Waals surface area contributed by atoms with E-state index in [-0.39, 0.29) is 0 Å². The summed E-state index contributed by atoms with van der Waals surface area (Å²) in [6, 6.07) is 66.7. The summed E-state index contributed by atoms with van der Waals surface area (Å²) < 4.78 is 7.29. The molecule has 2 heterocycles. The summed E-state index contributed by atoms with van der Waals surface area (Å²) in [7, 11) is 0. The molecular formula is C50H32N2S. The predicted molar refractivity (Wildman–Crippen MR) is 229 cm³/mol. The predicted octanol–water partition coefficient (Wildman–Crippen LogP) is 14.2. The quantitative estimate of drug-likeness (QED) is 0.174. The molecule has 0 unspecified atom stereocenters. The van der Waals surface area contributed by atoms with Crippen molar-refractivity contribution >= 4 is 85.6 Å². The first-order chi connectivity index (χ1) is 26.3. The molecule has 248 valence electrons.